The molecule has 17 heavy (non-hydrogen) atoms. The van der Waals surface area contributed by atoms with Gasteiger partial charge in [0, 0.05) is 25.4 Å². The highest BCUT2D eigenvalue weighted by molar-refractivity contribution is 5.77. The lowest BCUT2D eigenvalue weighted by Gasteiger charge is -2.13. The predicted octanol–water partition coefficient (Wildman–Crippen LogP) is 1.62. The van der Waals surface area contributed by atoms with Crippen LogP contribution in [0.15, 0.2) is 12.7 Å². The Morgan fingerprint density at radius 3 is 2.41 bits per heavy atom. The average molecular weight is 240 g/mol. The first-order valence-electron chi connectivity index (χ1n) is 6.14. The molecule has 0 aliphatic heterocycles. The smallest absolute Gasteiger partial charge is 0.222 e. The number of rotatable bonds is 8. The molecule has 0 aromatic heterocycles. The molecule has 2 amide bonds. The Hall–Kier alpha value is -1.32. The zero-order valence-electron chi connectivity index (χ0n) is 11.1. The van der Waals surface area contributed by atoms with Crippen LogP contribution in [0.5, 0.6) is 0 Å². The summed E-state index contributed by atoms with van der Waals surface area (Å²) in [7, 11) is 0. The van der Waals surface area contributed by atoms with Gasteiger partial charge in [-0.2, -0.15) is 0 Å². The number of amides is 2. The van der Waals surface area contributed by atoms with Gasteiger partial charge in [0.2, 0.25) is 11.8 Å². The molecule has 2 N–H and O–H groups in total. The van der Waals surface area contributed by atoms with Crippen molar-refractivity contribution in [1.29, 1.82) is 0 Å². The van der Waals surface area contributed by atoms with Gasteiger partial charge in [0.1, 0.15) is 0 Å². The van der Waals surface area contributed by atoms with Crippen LogP contribution in [0.2, 0.25) is 0 Å². The van der Waals surface area contributed by atoms with E-state index in [0.29, 0.717) is 6.54 Å². The summed E-state index contributed by atoms with van der Waals surface area (Å²) < 4.78 is 0. The monoisotopic (exact) mass is 240 g/mol. The van der Waals surface area contributed by atoms with Crippen LogP contribution < -0.4 is 10.6 Å². The minimum atomic E-state index is -0.0389. The maximum Gasteiger partial charge on any atom is 0.222 e. The van der Waals surface area contributed by atoms with Gasteiger partial charge in [0.15, 0.2) is 0 Å². The molecule has 0 fully saturated rings. The highest BCUT2D eigenvalue weighted by Crippen LogP contribution is 2.01. The molecule has 0 aliphatic carbocycles. The maximum absolute atomic E-state index is 11.3. The minimum Gasteiger partial charge on any atom is -0.356 e. The van der Waals surface area contributed by atoms with Gasteiger partial charge in [-0.05, 0) is 19.3 Å². The summed E-state index contributed by atoms with van der Waals surface area (Å²) >= 11 is 0. The number of hydrogen-bond donors (Lipinski definition) is 2. The summed E-state index contributed by atoms with van der Waals surface area (Å²) in [6.07, 6.45) is 4.48. The summed E-state index contributed by atoms with van der Waals surface area (Å²) in [6.45, 7) is 9.62. The van der Waals surface area contributed by atoms with Crippen molar-refractivity contribution in [1.82, 2.24) is 10.6 Å². The van der Waals surface area contributed by atoms with Crippen LogP contribution in [0.3, 0.4) is 0 Å². The quantitative estimate of drug-likeness (QED) is 0.500. The number of unbranched alkanes of at least 4 members (excludes halogenated alkanes) is 1. The van der Waals surface area contributed by atoms with E-state index in [9.17, 15) is 9.59 Å². The zero-order chi connectivity index (χ0) is 13.3. The van der Waals surface area contributed by atoms with Crippen LogP contribution >= 0.6 is 0 Å². The van der Waals surface area contributed by atoms with Crippen LogP contribution in [0.25, 0.3) is 0 Å². The van der Waals surface area contributed by atoms with E-state index in [1.54, 1.807) is 6.08 Å². The normalized spacial score (nSPS) is 12.0. The molecule has 0 heterocycles. The molecule has 0 saturated heterocycles. The van der Waals surface area contributed by atoms with Gasteiger partial charge in [0.25, 0.3) is 0 Å². The van der Waals surface area contributed by atoms with E-state index in [2.05, 4.69) is 17.2 Å². The summed E-state index contributed by atoms with van der Waals surface area (Å²) in [6, 6.07) is 0.0355. The molecule has 0 aromatic carbocycles. The van der Waals surface area contributed by atoms with Crippen LogP contribution in [0.4, 0.5) is 0 Å². The van der Waals surface area contributed by atoms with Gasteiger partial charge >= 0.3 is 0 Å². The second kappa shape index (κ2) is 8.79. The number of carbonyl (C=O) groups is 2. The number of carbonyl (C=O) groups excluding carboxylic acids is 2. The Morgan fingerprint density at radius 1 is 1.29 bits per heavy atom. The molecule has 1 atom stereocenters. The van der Waals surface area contributed by atoms with Crippen molar-refractivity contribution in [3.8, 4) is 0 Å². The van der Waals surface area contributed by atoms with Crippen molar-refractivity contribution in [2.24, 2.45) is 5.92 Å². The van der Waals surface area contributed by atoms with Crippen molar-refractivity contribution in [2.45, 2.75) is 46.1 Å². The summed E-state index contributed by atoms with van der Waals surface area (Å²) in [5.41, 5.74) is 0. The second-order valence-electron chi connectivity index (χ2n) is 4.48. The topological polar surface area (TPSA) is 58.2 Å². The lowest BCUT2D eigenvalue weighted by atomic mass is 10.1. The molecule has 1 unspecified atom stereocenters. The van der Waals surface area contributed by atoms with Crippen LogP contribution in [-0.4, -0.2) is 24.4 Å². The second-order valence-corrected chi connectivity index (χ2v) is 4.48. The predicted molar refractivity (Wildman–Crippen MR) is 69.5 cm³/mol. The average Bonchev–Trinajstić information content (AvgIpc) is 2.25. The van der Waals surface area contributed by atoms with Crippen molar-refractivity contribution < 1.29 is 9.59 Å². The highest BCUT2D eigenvalue weighted by atomic mass is 16.2. The molecule has 0 aromatic rings. The van der Waals surface area contributed by atoms with Gasteiger partial charge < -0.3 is 10.6 Å². The Kier molecular flexibility index (Phi) is 8.11. The van der Waals surface area contributed by atoms with Crippen molar-refractivity contribution >= 4 is 11.8 Å². The largest absolute Gasteiger partial charge is 0.356 e. The van der Waals surface area contributed by atoms with E-state index >= 15 is 0 Å². The van der Waals surface area contributed by atoms with Crippen molar-refractivity contribution in [2.75, 3.05) is 6.54 Å². The summed E-state index contributed by atoms with van der Waals surface area (Å²) in [5.74, 6) is 0.0884. The Bertz CT molecular complexity index is 262. The van der Waals surface area contributed by atoms with E-state index in [1.807, 2.05) is 13.8 Å². The fourth-order valence-corrected chi connectivity index (χ4v) is 1.41. The Balaban J connectivity index is 3.59. The molecule has 0 bridgehead atoms. The van der Waals surface area contributed by atoms with E-state index < -0.39 is 0 Å². The summed E-state index contributed by atoms with van der Waals surface area (Å²) in [4.78, 5) is 22.1. The fraction of sp³-hybridized carbons (Fsp3) is 0.692. The van der Waals surface area contributed by atoms with Crippen molar-refractivity contribution in [3.05, 3.63) is 12.7 Å². The number of hydrogen-bond acceptors (Lipinski definition) is 2. The standard InChI is InChI=1S/C13H24N2O2/c1-5-12(15-11(4)16)8-6-7-9-14-13(17)10(2)3/h5,10,12H,1,6-9H2,2-4H3,(H,14,17)(H,15,16). The molecule has 0 spiro atoms. The first kappa shape index (κ1) is 15.7. The lowest BCUT2D eigenvalue weighted by molar-refractivity contribution is -0.124. The third kappa shape index (κ3) is 8.48. The fourth-order valence-electron chi connectivity index (χ4n) is 1.41. The van der Waals surface area contributed by atoms with Crippen molar-refractivity contribution in [3.63, 3.8) is 0 Å². The molecule has 4 heteroatoms. The zero-order valence-corrected chi connectivity index (χ0v) is 11.1. The Morgan fingerprint density at radius 2 is 1.94 bits per heavy atom. The third-order valence-corrected chi connectivity index (χ3v) is 2.44. The van der Waals surface area contributed by atoms with Crippen LogP contribution in [0, 0.1) is 5.92 Å². The first-order chi connectivity index (χ1) is 7.97. The van der Waals surface area contributed by atoms with Gasteiger partial charge in [-0.15, -0.1) is 6.58 Å². The minimum absolute atomic E-state index is 0.0355. The van der Waals surface area contributed by atoms with E-state index in [-0.39, 0.29) is 23.8 Å². The molecule has 0 saturated carbocycles. The first-order valence-corrected chi connectivity index (χ1v) is 6.14. The van der Waals surface area contributed by atoms with E-state index in [4.69, 9.17) is 0 Å². The molecule has 0 aliphatic rings. The van der Waals surface area contributed by atoms with E-state index in [1.165, 1.54) is 6.92 Å². The molecule has 4 nitrogen and oxygen atoms in total. The van der Waals surface area contributed by atoms with Gasteiger partial charge in [-0.1, -0.05) is 19.9 Å². The lowest BCUT2D eigenvalue weighted by Crippen LogP contribution is -2.31. The van der Waals surface area contributed by atoms with E-state index in [0.717, 1.165) is 19.3 Å². The molecular weight excluding hydrogens is 216 g/mol. The molecular formula is C13H24N2O2. The Labute approximate surface area is 104 Å². The molecule has 0 radical (unpaired) electrons. The van der Waals surface area contributed by atoms with Crippen LogP contribution in [0.1, 0.15) is 40.0 Å². The third-order valence-electron chi connectivity index (χ3n) is 2.44. The maximum atomic E-state index is 11.3. The number of nitrogens with one attached hydrogen (secondary N) is 2. The highest BCUT2D eigenvalue weighted by Gasteiger charge is 2.06. The van der Waals surface area contributed by atoms with Gasteiger partial charge in [0.05, 0.1) is 0 Å². The molecule has 98 valence electrons. The van der Waals surface area contributed by atoms with Gasteiger partial charge in [-0.3, -0.25) is 9.59 Å². The molecule has 0 rings (SSSR count). The summed E-state index contributed by atoms with van der Waals surface area (Å²) in [5, 5.41) is 5.67. The SMILES string of the molecule is C=CC(CCCCNC(=O)C(C)C)NC(C)=O. The van der Waals surface area contributed by atoms with Crippen LogP contribution in [-0.2, 0) is 9.59 Å². The van der Waals surface area contributed by atoms with Gasteiger partial charge in [-0.25, -0.2) is 0 Å².